The topological polar surface area (TPSA) is 49.6 Å². The lowest BCUT2D eigenvalue weighted by atomic mass is 10.1. The van der Waals surface area contributed by atoms with Crippen molar-refractivity contribution in [2.45, 2.75) is 6.18 Å². The molecular weight excluding hydrogens is 271 g/mol. The Bertz CT molecular complexity index is 482. The van der Waals surface area contributed by atoms with Crippen LogP contribution < -0.4 is 10.6 Å². The van der Waals surface area contributed by atoms with Crippen LogP contribution >= 0.6 is 0 Å². The minimum atomic E-state index is -4.34. The molecule has 1 aromatic carbocycles. The van der Waals surface area contributed by atoms with E-state index in [0.717, 1.165) is 12.1 Å². The van der Waals surface area contributed by atoms with E-state index in [-0.39, 0.29) is 12.5 Å². The van der Waals surface area contributed by atoms with Crippen LogP contribution in [0.25, 0.3) is 0 Å². The molecule has 110 valence electrons. The summed E-state index contributed by atoms with van der Waals surface area (Å²) in [6.07, 6.45) is -4.34. The van der Waals surface area contributed by atoms with Gasteiger partial charge in [-0.2, -0.15) is 13.2 Å². The van der Waals surface area contributed by atoms with Crippen molar-refractivity contribution in [2.24, 2.45) is 5.73 Å². The van der Waals surface area contributed by atoms with Gasteiger partial charge < -0.3 is 15.5 Å². The Morgan fingerprint density at radius 2 is 1.85 bits per heavy atom. The molecule has 1 aliphatic rings. The molecule has 1 aromatic rings. The Morgan fingerprint density at radius 3 is 2.40 bits per heavy atom. The van der Waals surface area contributed by atoms with Gasteiger partial charge in [-0.25, -0.2) is 0 Å². The molecule has 1 aliphatic heterocycles. The van der Waals surface area contributed by atoms with Gasteiger partial charge in [0.1, 0.15) is 0 Å². The number of anilines is 1. The zero-order valence-electron chi connectivity index (χ0n) is 10.9. The van der Waals surface area contributed by atoms with Crippen LogP contribution in [-0.4, -0.2) is 43.5 Å². The standard InChI is InChI=1S/C13H16F3N3O/c14-13(15,16)10-2-1-3-11(8-10)18-4-6-19(7-5-18)12(20)9-17/h1-3,8H,4-7,9,17H2. The molecule has 1 amide bonds. The van der Waals surface area contributed by atoms with Crippen molar-refractivity contribution in [2.75, 3.05) is 37.6 Å². The van der Waals surface area contributed by atoms with E-state index in [1.54, 1.807) is 11.0 Å². The van der Waals surface area contributed by atoms with Crippen molar-refractivity contribution in [1.82, 2.24) is 4.90 Å². The van der Waals surface area contributed by atoms with Crippen molar-refractivity contribution in [3.63, 3.8) is 0 Å². The highest BCUT2D eigenvalue weighted by molar-refractivity contribution is 5.78. The van der Waals surface area contributed by atoms with Gasteiger partial charge in [0.05, 0.1) is 12.1 Å². The first-order chi connectivity index (χ1) is 9.41. The summed E-state index contributed by atoms with van der Waals surface area (Å²) in [7, 11) is 0. The molecule has 0 aromatic heterocycles. The second-order valence-corrected chi connectivity index (χ2v) is 4.62. The average molecular weight is 287 g/mol. The van der Waals surface area contributed by atoms with Crippen LogP contribution in [0.1, 0.15) is 5.56 Å². The first kappa shape index (κ1) is 14.6. The quantitative estimate of drug-likeness (QED) is 0.892. The average Bonchev–Trinajstić information content (AvgIpc) is 2.46. The Labute approximate surface area is 114 Å². The lowest BCUT2D eigenvalue weighted by Crippen LogP contribution is -2.50. The van der Waals surface area contributed by atoms with E-state index in [2.05, 4.69) is 0 Å². The molecule has 2 rings (SSSR count). The summed E-state index contributed by atoms with van der Waals surface area (Å²) in [5, 5.41) is 0. The van der Waals surface area contributed by atoms with Gasteiger partial charge in [-0.3, -0.25) is 4.79 Å². The van der Waals surface area contributed by atoms with Gasteiger partial charge in [-0.15, -0.1) is 0 Å². The predicted octanol–water partition coefficient (Wildman–Crippen LogP) is 1.31. The van der Waals surface area contributed by atoms with E-state index in [4.69, 9.17) is 5.73 Å². The van der Waals surface area contributed by atoms with Crippen LogP contribution in [0.15, 0.2) is 24.3 Å². The van der Waals surface area contributed by atoms with Gasteiger partial charge in [-0.1, -0.05) is 6.07 Å². The fourth-order valence-corrected chi connectivity index (χ4v) is 2.22. The zero-order chi connectivity index (χ0) is 14.8. The van der Waals surface area contributed by atoms with E-state index in [1.807, 2.05) is 4.90 Å². The van der Waals surface area contributed by atoms with Gasteiger partial charge in [0.2, 0.25) is 5.91 Å². The number of nitrogens with two attached hydrogens (primary N) is 1. The summed E-state index contributed by atoms with van der Waals surface area (Å²) < 4.78 is 38.0. The number of nitrogens with zero attached hydrogens (tertiary/aromatic N) is 2. The van der Waals surface area contributed by atoms with Crippen molar-refractivity contribution in [3.8, 4) is 0 Å². The molecule has 0 bridgehead atoms. The van der Waals surface area contributed by atoms with Crippen LogP contribution in [0.3, 0.4) is 0 Å². The summed E-state index contributed by atoms with van der Waals surface area (Å²) in [6.45, 7) is 1.93. The van der Waals surface area contributed by atoms with Gasteiger partial charge >= 0.3 is 6.18 Å². The maximum absolute atomic E-state index is 12.7. The SMILES string of the molecule is NCC(=O)N1CCN(c2cccc(C(F)(F)F)c2)CC1. The zero-order valence-corrected chi connectivity index (χ0v) is 10.9. The van der Waals surface area contributed by atoms with Crippen LogP contribution in [0, 0.1) is 0 Å². The maximum Gasteiger partial charge on any atom is 0.416 e. The van der Waals surface area contributed by atoms with Crippen LogP contribution in [0.2, 0.25) is 0 Å². The number of carbonyl (C=O) groups excluding carboxylic acids is 1. The first-order valence-electron chi connectivity index (χ1n) is 6.32. The molecule has 0 spiro atoms. The van der Waals surface area contributed by atoms with E-state index in [1.165, 1.54) is 6.07 Å². The largest absolute Gasteiger partial charge is 0.416 e. The van der Waals surface area contributed by atoms with E-state index < -0.39 is 11.7 Å². The summed E-state index contributed by atoms with van der Waals surface area (Å²) in [6, 6.07) is 5.24. The number of amides is 1. The number of rotatable bonds is 2. The second-order valence-electron chi connectivity index (χ2n) is 4.62. The van der Waals surface area contributed by atoms with Crippen LogP contribution in [0.4, 0.5) is 18.9 Å². The third kappa shape index (κ3) is 3.22. The normalized spacial score (nSPS) is 16.4. The molecule has 1 saturated heterocycles. The number of hydrogen-bond acceptors (Lipinski definition) is 3. The molecule has 0 aliphatic carbocycles. The number of piperazine rings is 1. The lowest BCUT2D eigenvalue weighted by Gasteiger charge is -2.36. The molecule has 0 radical (unpaired) electrons. The minimum absolute atomic E-state index is 0.0381. The molecule has 20 heavy (non-hydrogen) atoms. The third-order valence-electron chi connectivity index (χ3n) is 3.35. The molecule has 0 atom stereocenters. The molecule has 1 heterocycles. The Balaban J connectivity index is 2.06. The smallest absolute Gasteiger partial charge is 0.368 e. The van der Waals surface area contributed by atoms with Crippen molar-refractivity contribution >= 4 is 11.6 Å². The van der Waals surface area contributed by atoms with E-state index in [9.17, 15) is 18.0 Å². The van der Waals surface area contributed by atoms with Crippen molar-refractivity contribution in [1.29, 1.82) is 0 Å². The van der Waals surface area contributed by atoms with E-state index in [0.29, 0.717) is 31.9 Å². The molecule has 0 unspecified atom stereocenters. The van der Waals surface area contributed by atoms with Gasteiger partial charge in [0.25, 0.3) is 0 Å². The van der Waals surface area contributed by atoms with Gasteiger partial charge in [-0.05, 0) is 18.2 Å². The molecule has 0 saturated carbocycles. The Morgan fingerprint density at radius 1 is 1.20 bits per heavy atom. The number of halogens is 3. The number of carbonyl (C=O) groups is 1. The molecule has 4 nitrogen and oxygen atoms in total. The van der Waals surface area contributed by atoms with Gasteiger partial charge in [0, 0.05) is 31.9 Å². The molecule has 1 fully saturated rings. The lowest BCUT2D eigenvalue weighted by molar-refractivity contribution is -0.137. The molecular formula is C13H16F3N3O. The summed E-state index contributed by atoms with van der Waals surface area (Å²) in [5.74, 6) is -0.131. The Kier molecular flexibility index (Phi) is 4.17. The number of benzene rings is 1. The number of alkyl halides is 3. The highest BCUT2D eigenvalue weighted by Crippen LogP contribution is 2.31. The van der Waals surface area contributed by atoms with Gasteiger partial charge in [0.15, 0.2) is 0 Å². The molecule has 7 heteroatoms. The summed E-state index contributed by atoms with van der Waals surface area (Å²) in [5.41, 5.74) is 5.16. The predicted molar refractivity (Wildman–Crippen MR) is 69.3 cm³/mol. The molecule has 2 N–H and O–H groups in total. The van der Waals surface area contributed by atoms with Crippen LogP contribution in [-0.2, 0) is 11.0 Å². The van der Waals surface area contributed by atoms with Crippen molar-refractivity contribution < 1.29 is 18.0 Å². The Hall–Kier alpha value is -1.76. The fraction of sp³-hybridized carbons (Fsp3) is 0.462. The third-order valence-corrected chi connectivity index (χ3v) is 3.35. The maximum atomic E-state index is 12.7. The van der Waals surface area contributed by atoms with Crippen LogP contribution in [0.5, 0.6) is 0 Å². The minimum Gasteiger partial charge on any atom is -0.368 e. The summed E-state index contributed by atoms with van der Waals surface area (Å²) >= 11 is 0. The fourth-order valence-electron chi connectivity index (χ4n) is 2.22. The first-order valence-corrected chi connectivity index (χ1v) is 6.32. The highest BCUT2D eigenvalue weighted by atomic mass is 19.4. The van der Waals surface area contributed by atoms with E-state index >= 15 is 0 Å². The monoisotopic (exact) mass is 287 g/mol. The second kappa shape index (κ2) is 5.70. The highest BCUT2D eigenvalue weighted by Gasteiger charge is 2.31. The van der Waals surface area contributed by atoms with Crippen molar-refractivity contribution in [3.05, 3.63) is 29.8 Å². The summed E-state index contributed by atoms with van der Waals surface area (Å²) in [4.78, 5) is 14.9. The number of hydrogen-bond donors (Lipinski definition) is 1.